The Morgan fingerprint density at radius 3 is 2.53 bits per heavy atom. The highest BCUT2D eigenvalue weighted by molar-refractivity contribution is 7.88. The van der Waals surface area contributed by atoms with Gasteiger partial charge in [-0.1, -0.05) is 50.2 Å². The Hall–Kier alpha value is -2.29. The average molecular weight is 428 g/mol. The summed E-state index contributed by atoms with van der Waals surface area (Å²) in [6, 6.07) is 14.7. The summed E-state index contributed by atoms with van der Waals surface area (Å²) < 4.78 is 28.5. The molecule has 0 saturated heterocycles. The predicted octanol–water partition coefficient (Wildman–Crippen LogP) is 2.74. The molecule has 1 aromatic heterocycles. The molecule has 0 amide bonds. The maximum absolute atomic E-state index is 11.8. The van der Waals surface area contributed by atoms with Crippen LogP contribution in [0.15, 0.2) is 42.5 Å². The molecule has 160 valence electrons. The molecule has 8 heteroatoms. The van der Waals surface area contributed by atoms with E-state index in [1.54, 1.807) is 0 Å². The quantitative estimate of drug-likeness (QED) is 0.654. The number of hydrogen-bond donors (Lipinski definition) is 1. The number of fused-ring (bicyclic) bond motifs is 2. The molecule has 7 nitrogen and oxygen atoms in total. The van der Waals surface area contributed by atoms with Gasteiger partial charge in [0, 0.05) is 32.6 Å². The lowest BCUT2D eigenvalue weighted by Gasteiger charge is -2.22. The SMILES string of the molecule is CC(C)C(NS(C)(=O)=O)c1nnc2n1CCN(Cc1ccc3ccccc3c1)CC2. The van der Waals surface area contributed by atoms with Crippen LogP contribution in [0.3, 0.4) is 0 Å². The molecule has 1 N–H and O–H groups in total. The lowest BCUT2D eigenvalue weighted by Crippen LogP contribution is -2.33. The van der Waals surface area contributed by atoms with Gasteiger partial charge < -0.3 is 4.57 Å². The fourth-order valence-electron chi connectivity index (χ4n) is 4.09. The molecule has 0 spiro atoms. The van der Waals surface area contributed by atoms with Gasteiger partial charge in [0.1, 0.15) is 5.82 Å². The normalized spacial score (nSPS) is 16.5. The monoisotopic (exact) mass is 427 g/mol. The first kappa shape index (κ1) is 21.0. The van der Waals surface area contributed by atoms with Crippen molar-refractivity contribution >= 4 is 20.8 Å². The molecule has 0 radical (unpaired) electrons. The molecule has 1 unspecified atom stereocenters. The van der Waals surface area contributed by atoms with Gasteiger partial charge in [-0.25, -0.2) is 13.1 Å². The van der Waals surface area contributed by atoms with Gasteiger partial charge in [-0.2, -0.15) is 0 Å². The van der Waals surface area contributed by atoms with Crippen molar-refractivity contribution < 1.29 is 8.42 Å². The largest absolute Gasteiger partial charge is 0.312 e. The molecule has 0 aliphatic carbocycles. The van der Waals surface area contributed by atoms with Crippen molar-refractivity contribution in [2.75, 3.05) is 19.3 Å². The minimum Gasteiger partial charge on any atom is -0.312 e. The van der Waals surface area contributed by atoms with E-state index in [-0.39, 0.29) is 12.0 Å². The Morgan fingerprint density at radius 2 is 1.80 bits per heavy atom. The molecule has 1 atom stereocenters. The molecule has 0 bridgehead atoms. The first-order chi connectivity index (χ1) is 14.3. The van der Waals surface area contributed by atoms with E-state index in [0.29, 0.717) is 5.82 Å². The van der Waals surface area contributed by atoms with Crippen molar-refractivity contribution in [3.05, 3.63) is 59.7 Å². The van der Waals surface area contributed by atoms with Gasteiger partial charge in [-0.15, -0.1) is 10.2 Å². The van der Waals surface area contributed by atoms with Gasteiger partial charge in [0.25, 0.3) is 0 Å². The van der Waals surface area contributed by atoms with E-state index in [1.807, 2.05) is 13.8 Å². The molecule has 4 rings (SSSR count). The van der Waals surface area contributed by atoms with Crippen LogP contribution in [0, 0.1) is 5.92 Å². The molecule has 0 fully saturated rings. The number of nitrogens with zero attached hydrogens (tertiary/aromatic N) is 4. The summed E-state index contributed by atoms with van der Waals surface area (Å²) >= 11 is 0. The molecule has 3 aromatic rings. The number of sulfonamides is 1. The fraction of sp³-hybridized carbons (Fsp3) is 0.455. The highest BCUT2D eigenvalue weighted by Crippen LogP contribution is 2.24. The third kappa shape index (κ3) is 4.71. The third-order valence-corrected chi connectivity index (χ3v) is 6.34. The Labute approximate surface area is 178 Å². The number of hydrogen-bond acceptors (Lipinski definition) is 5. The van der Waals surface area contributed by atoms with Crippen LogP contribution in [0.25, 0.3) is 10.8 Å². The van der Waals surface area contributed by atoms with Crippen LogP contribution in [-0.4, -0.2) is 47.4 Å². The van der Waals surface area contributed by atoms with Crippen molar-refractivity contribution in [2.24, 2.45) is 5.92 Å². The minimum absolute atomic E-state index is 0.0741. The summed E-state index contributed by atoms with van der Waals surface area (Å²) in [7, 11) is -3.34. The highest BCUT2D eigenvalue weighted by atomic mass is 32.2. The van der Waals surface area contributed by atoms with Crippen LogP contribution < -0.4 is 4.72 Å². The fourth-order valence-corrected chi connectivity index (χ4v) is 4.93. The Morgan fingerprint density at radius 1 is 1.03 bits per heavy atom. The average Bonchev–Trinajstić information content (AvgIpc) is 2.99. The number of rotatable bonds is 6. The van der Waals surface area contributed by atoms with Crippen LogP contribution in [0.2, 0.25) is 0 Å². The van der Waals surface area contributed by atoms with E-state index < -0.39 is 10.0 Å². The van der Waals surface area contributed by atoms with E-state index in [2.05, 4.69) is 66.9 Å². The van der Waals surface area contributed by atoms with Crippen LogP contribution in [-0.2, 0) is 29.5 Å². The zero-order chi connectivity index (χ0) is 21.3. The van der Waals surface area contributed by atoms with E-state index in [4.69, 9.17) is 0 Å². The first-order valence-corrected chi connectivity index (χ1v) is 12.3. The number of aromatic nitrogens is 3. The molecule has 1 aliphatic rings. The maximum Gasteiger partial charge on any atom is 0.209 e. The molecule has 2 aromatic carbocycles. The summed E-state index contributed by atoms with van der Waals surface area (Å²) in [6.45, 7) is 7.39. The molecule has 30 heavy (non-hydrogen) atoms. The van der Waals surface area contributed by atoms with Crippen molar-refractivity contribution in [2.45, 2.75) is 39.4 Å². The predicted molar refractivity (Wildman–Crippen MR) is 119 cm³/mol. The topological polar surface area (TPSA) is 80.1 Å². The lowest BCUT2D eigenvalue weighted by atomic mass is 10.1. The van der Waals surface area contributed by atoms with Gasteiger partial charge in [0.05, 0.1) is 12.3 Å². The summed E-state index contributed by atoms with van der Waals surface area (Å²) in [5, 5.41) is 11.3. The van der Waals surface area contributed by atoms with Crippen molar-refractivity contribution in [1.82, 2.24) is 24.4 Å². The second kappa shape index (κ2) is 8.45. The zero-order valence-corrected chi connectivity index (χ0v) is 18.6. The van der Waals surface area contributed by atoms with Crippen LogP contribution in [0.4, 0.5) is 0 Å². The van der Waals surface area contributed by atoms with E-state index in [0.717, 1.165) is 38.4 Å². The molecule has 1 aliphatic heterocycles. The van der Waals surface area contributed by atoms with Gasteiger partial charge >= 0.3 is 0 Å². The molecule has 2 heterocycles. The van der Waals surface area contributed by atoms with Crippen molar-refractivity contribution in [3.8, 4) is 0 Å². The minimum atomic E-state index is -3.34. The second-order valence-corrected chi connectivity index (χ2v) is 10.2. The first-order valence-electron chi connectivity index (χ1n) is 10.4. The van der Waals surface area contributed by atoms with Gasteiger partial charge in [0.15, 0.2) is 5.82 Å². The van der Waals surface area contributed by atoms with Gasteiger partial charge in [0.2, 0.25) is 10.0 Å². The van der Waals surface area contributed by atoms with E-state index >= 15 is 0 Å². The Balaban J connectivity index is 1.50. The standard InChI is InChI=1S/C22H29N5O2S/c1-16(2)21(25-30(3,28)29)22-24-23-20-10-11-26(12-13-27(20)22)15-17-8-9-18-6-4-5-7-19(18)14-17/h4-9,14,16,21,25H,10-13,15H2,1-3H3. The lowest BCUT2D eigenvalue weighted by molar-refractivity contribution is 0.269. The zero-order valence-electron chi connectivity index (χ0n) is 17.7. The maximum atomic E-state index is 11.8. The molecule has 0 saturated carbocycles. The summed E-state index contributed by atoms with van der Waals surface area (Å²) in [5.74, 6) is 1.70. The van der Waals surface area contributed by atoms with Crippen LogP contribution in [0.1, 0.15) is 37.1 Å². The third-order valence-electron chi connectivity index (χ3n) is 5.65. The van der Waals surface area contributed by atoms with Gasteiger partial charge in [-0.05, 0) is 28.3 Å². The van der Waals surface area contributed by atoms with Gasteiger partial charge in [-0.3, -0.25) is 4.90 Å². The molecular weight excluding hydrogens is 398 g/mol. The Bertz CT molecular complexity index is 1140. The number of nitrogens with one attached hydrogen (secondary N) is 1. The van der Waals surface area contributed by atoms with E-state index in [1.165, 1.54) is 22.6 Å². The summed E-state index contributed by atoms with van der Waals surface area (Å²) in [6.07, 6.45) is 1.98. The van der Waals surface area contributed by atoms with Crippen molar-refractivity contribution in [3.63, 3.8) is 0 Å². The Kier molecular flexibility index (Phi) is 5.90. The highest BCUT2D eigenvalue weighted by Gasteiger charge is 2.28. The summed E-state index contributed by atoms with van der Waals surface area (Å²) in [5.41, 5.74) is 1.30. The summed E-state index contributed by atoms with van der Waals surface area (Å²) in [4.78, 5) is 2.43. The smallest absolute Gasteiger partial charge is 0.209 e. The van der Waals surface area contributed by atoms with E-state index in [9.17, 15) is 8.42 Å². The van der Waals surface area contributed by atoms with Crippen LogP contribution in [0.5, 0.6) is 0 Å². The van der Waals surface area contributed by atoms with Crippen molar-refractivity contribution in [1.29, 1.82) is 0 Å². The van der Waals surface area contributed by atoms with Crippen LogP contribution >= 0.6 is 0 Å². The molecular formula is C22H29N5O2S. The number of benzene rings is 2. The second-order valence-electron chi connectivity index (χ2n) is 8.45.